The van der Waals surface area contributed by atoms with Gasteiger partial charge in [0.25, 0.3) is 0 Å². The molecular weight excluding hydrogens is 536 g/mol. The van der Waals surface area contributed by atoms with Crippen LogP contribution in [0, 0.1) is 5.92 Å². The molecule has 2 aromatic carbocycles. The molecule has 1 aromatic heterocycles. The monoisotopic (exact) mass is 572 g/mol. The third kappa shape index (κ3) is 5.90. The first kappa shape index (κ1) is 28.0. The van der Waals surface area contributed by atoms with E-state index in [4.69, 9.17) is 9.15 Å². The SMILES string of the molecule is O=C1N[C@]2(C(=O)O)C[C@H]2C=CCCCCC[C@H](NCc2ccccc2)C(=O)N2C[C@H](Oc3nc4ccccc4o3)C[C@@H]12. The summed E-state index contributed by atoms with van der Waals surface area (Å²) in [6, 6.07) is 15.8. The molecule has 6 rings (SSSR count). The van der Waals surface area contributed by atoms with Gasteiger partial charge in [0.1, 0.15) is 23.2 Å². The average Bonchev–Trinajstić information content (AvgIpc) is 3.31. The van der Waals surface area contributed by atoms with E-state index in [1.165, 1.54) is 0 Å². The van der Waals surface area contributed by atoms with E-state index in [0.717, 1.165) is 31.2 Å². The molecule has 3 aromatic rings. The van der Waals surface area contributed by atoms with Crippen molar-refractivity contribution >= 4 is 28.9 Å². The Bertz CT molecular complexity index is 1440. The highest BCUT2D eigenvalue weighted by Gasteiger charge is 2.61. The van der Waals surface area contributed by atoms with E-state index in [9.17, 15) is 19.5 Å². The number of aromatic nitrogens is 1. The van der Waals surface area contributed by atoms with Crippen molar-refractivity contribution in [3.05, 3.63) is 72.3 Å². The fraction of sp³-hybridized carbons (Fsp3) is 0.438. The fourth-order valence-corrected chi connectivity index (χ4v) is 6.08. The number of fused-ring (bicyclic) bond motifs is 3. The number of nitrogens with one attached hydrogen (secondary N) is 2. The molecule has 2 amide bonds. The molecule has 3 aliphatic rings. The number of hydrogen-bond donors (Lipinski definition) is 3. The highest BCUT2D eigenvalue weighted by atomic mass is 16.6. The lowest BCUT2D eigenvalue weighted by atomic mass is 10.0. The van der Waals surface area contributed by atoms with Gasteiger partial charge in [-0.25, -0.2) is 4.79 Å². The topological polar surface area (TPSA) is 134 Å². The zero-order valence-electron chi connectivity index (χ0n) is 23.4. The van der Waals surface area contributed by atoms with Crippen molar-refractivity contribution in [2.45, 2.75) is 75.2 Å². The maximum absolute atomic E-state index is 14.1. The Balaban J connectivity index is 1.26. The summed E-state index contributed by atoms with van der Waals surface area (Å²) in [6.07, 6.45) is 8.17. The molecule has 2 aliphatic heterocycles. The van der Waals surface area contributed by atoms with Gasteiger partial charge in [-0.05, 0) is 43.4 Å². The van der Waals surface area contributed by atoms with E-state index in [1.807, 2.05) is 60.7 Å². The lowest BCUT2D eigenvalue weighted by Crippen LogP contribution is -2.55. The minimum absolute atomic E-state index is 0.0740. The molecule has 2 fully saturated rings. The zero-order chi connectivity index (χ0) is 29.1. The predicted molar refractivity (Wildman–Crippen MR) is 154 cm³/mol. The van der Waals surface area contributed by atoms with Crippen molar-refractivity contribution in [1.82, 2.24) is 20.5 Å². The van der Waals surface area contributed by atoms with E-state index in [2.05, 4.69) is 15.6 Å². The fourth-order valence-electron chi connectivity index (χ4n) is 6.08. The largest absolute Gasteiger partial charge is 0.479 e. The number of hydrogen-bond acceptors (Lipinski definition) is 7. The van der Waals surface area contributed by atoms with Crippen LogP contribution in [0.3, 0.4) is 0 Å². The first-order valence-electron chi connectivity index (χ1n) is 14.7. The van der Waals surface area contributed by atoms with E-state index < -0.39 is 35.6 Å². The van der Waals surface area contributed by atoms with Crippen molar-refractivity contribution in [1.29, 1.82) is 0 Å². The molecule has 3 heterocycles. The van der Waals surface area contributed by atoms with Crippen LogP contribution in [0.25, 0.3) is 11.1 Å². The van der Waals surface area contributed by atoms with Crippen LogP contribution < -0.4 is 15.4 Å². The Morgan fingerprint density at radius 2 is 1.93 bits per heavy atom. The molecule has 0 bridgehead atoms. The number of ether oxygens (including phenoxy) is 1. The summed E-state index contributed by atoms with van der Waals surface area (Å²) in [5.74, 6) is -2.02. The summed E-state index contributed by atoms with van der Waals surface area (Å²) < 4.78 is 11.8. The molecule has 5 atom stereocenters. The lowest BCUT2D eigenvalue weighted by Gasteiger charge is -2.29. The van der Waals surface area contributed by atoms with E-state index >= 15 is 0 Å². The number of carbonyl (C=O) groups is 3. The molecule has 0 spiro atoms. The molecule has 1 aliphatic carbocycles. The molecule has 10 nitrogen and oxygen atoms in total. The van der Waals surface area contributed by atoms with Crippen LogP contribution in [0.1, 0.15) is 50.5 Å². The van der Waals surface area contributed by atoms with E-state index in [-0.39, 0.29) is 30.9 Å². The van der Waals surface area contributed by atoms with Gasteiger partial charge in [0.15, 0.2) is 5.58 Å². The number of nitrogens with zero attached hydrogens (tertiary/aromatic N) is 2. The highest BCUT2D eigenvalue weighted by molar-refractivity contribution is 5.95. The smallest absolute Gasteiger partial charge is 0.394 e. The third-order valence-corrected chi connectivity index (χ3v) is 8.56. The standard InChI is InChI=1S/C32H36N4O6/c37-28-26-17-23(41-31-34-24-14-9-10-16-27(24)42-31)20-36(26)29(38)25(33-19-21-11-5-4-6-12-21)15-8-3-1-2-7-13-22-18-32(22,35-28)30(39)40/h4-7,9-14,16,22-23,25-26,33H,1-3,8,15,17-20H2,(H,35,37)(H,39,40)/t22-,23-,25+,26+,32-/m1/s1. The van der Waals surface area contributed by atoms with Crippen molar-refractivity contribution in [3.63, 3.8) is 0 Å². The van der Waals surface area contributed by atoms with Crippen molar-refractivity contribution in [3.8, 4) is 6.08 Å². The van der Waals surface area contributed by atoms with Gasteiger partial charge in [0.05, 0.1) is 12.6 Å². The predicted octanol–water partition coefficient (Wildman–Crippen LogP) is 3.81. The molecule has 0 unspecified atom stereocenters. The molecule has 0 radical (unpaired) electrons. The Labute approximate surface area is 244 Å². The quantitative estimate of drug-likeness (QED) is 0.380. The van der Waals surface area contributed by atoms with Gasteiger partial charge in [0, 0.05) is 18.9 Å². The summed E-state index contributed by atoms with van der Waals surface area (Å²) in [7, 11) is 0. The van der Waals surface area contributed by atoms with Crippen LogP contribution >= 0.6 is 0 Å². The second-order valence-corrected chi connectivity index (χ2v) is 11.5. The number of aliphatic carboxylic acids is 1. The molecular formula is C32H36N4O6. The normalized spacial score (nSPS) is 28.3. The van der Waals surface area contributed by atoms with Crippen LogP contribution in [0.15, 0.2) is 71.2 Å². The number of allylic oxidation sites excluding steroid dienone is 1. The van der Waals surface area contributed by atoms with Crippen molar-refractivity contribution < 1.29 is 28.6 Å². The Morgan fingerprint density at radius 3 is 2.74 bits per heavy atom. The third-order valence-electron chi connectivity index (χ3n) is 8.56. The van der Waals surface area contributed by atoms with Crippen LogP contribution in [0.4, 0.5) is 0 Å². The summed E-state index contributed by atoms with van der Waals surface area (Å²) in [5, 5.41) is 16.3. The Morgan fingerprint density at radius 1 is 1.12 bits per heavy atom. The number of carboxylic acid groups (broad SMARTS) is 1. The first-order valence-corrected chi connectivity index (χ1v) is 14.7. The van der Waals surface area contributed by atoms with Gasteiger partial charge in [-0.2, -0.15) is 4.98 Å². The number of carbonyl (C=O) groups excluding carboxylic acids is 2. The molecule has 42 heavy (non-hydrogen) atoms. The first-order chi connectivity index (χ1) is 20.4. The molecule has 1 saturated heterocycles. The van der Waals surface area contributed by atoms with Crippen LogP contribution in [0.5, 0.6) is 6.08 Å². The van der Waals surface area contributed by atoms with Gasteiger partial charge in [-0.3, -0.25) is 9.59 Å². The van der Waals surface area contributed by atoms with E-state index in [1.54, 1.807) is 11.0 Å². The van der Waals surface area contributed by atoms with Crippen molar-refractivity contribution in [2.24, 2.45) is 5.92 Å². The number of carboxylic acids is 1. The minimum Gasteiger partial charge on any atom is -0.479 e. The maximum Gasteiger partial charge on any atom is 0.394 e. The number of oxazole rings is 1. The number of amides is 2. The summed E-state index contributed by atoms with van der Waals surface area (Å²) in [5.41, 5.74) is 0.931. The van der Waals surface area contributed by atoms with Crippen molar-refractivity contribution in [2.75, 3.05) is 6.54 Å². The van der Waals surface area contributed by atoms with Crippen LogP contribution in [-0.4, -0.2) is 63.0 Å². The number of rotatable bonds is 6. The van der Waals surface area contributed by atoms with Gasteiger partial charge in [0.2, 0.25) is 11.8 Å². The zero-order valence-corrected chi connectivity index (χ0v) is 23.4. The molecule has 3 N–H and O–H groups in total. The van der Waals surface area contributed by atoms with Gasteiger partial charge in [-0.1, -0.05) is 67.5 Å². The van der Waals surface area contributed by atoms with Crippen LogP contribution in [0.2, 0.25) is 0 Å². The average molecular weight is 573 g/mol. The van der Waals surface area contributed by atoms with Gasteiger partial charge < -0.3 is 29.8 Å². The lowest BCUT2D eigenvalue weighted by molar-refractivity contribution is -0.145. The summed E-state index contributed by atoms with van der Waals surface area (Å²) >= 11 is 0. The minimum atomic E-state index is -1.35. The second kappa shape index (κ2) is 12.0. The highest BCUT2D eigenvalue weighted by Crippen LogP contribution is 2.45. The number of para-hydroxylation sites is 2. The molecule has 220 valence electrons. The Hall–Kier alpha value is -4.18. The molecule has 10 heteroatoms. The second-order valence-electron chi connectivity index (χ2n) is 11.5. The Kier molecular flexibility index (Phi) is 7.97. The maximum atomic E-state index is 14.1. The van der Waals surface area contributed by atoms with Gasteiger partial charge >= 0.3 is 12.0 Å². The summed E-state index contributed by atoms with van der Waals surface area (Å²) in [6.45, 7) is 0.667. The van der Waals surface area contributed by atoms with Crippen LogP contribution in [-0.2, 0) is 20.9 Å². The molecule has 1 saturated carbocycles. The number of benzene rings is 2. The van der Waals surface area contributed by atoms with E-state index in [0.29, 0.717) is 30.5 Å². The van der Waals surface area contributed by atoms with Gasteiger partial charge in [-0.15, -0.1) is 0 Å². The summed E-state index contributed by atoms with van der Waals surface area (Å²) in [4.78, 5) is 46.1.